The Hall–Kier alpha value is -1.24. The maximum atomic E-state index is 9.36. The highest BCUT2D eigenvalue weighted by molar-refractivity contribution is 5.51. The van der Waals surface area contributed by atoms with Crippen molar-refractivity contribution in [3.05, 3.63) is 35.9 Å². The van der Waals surface area contributed by atoms with Gasteiger partial charge in [-0.05, 0) is 30.5 Å². The second-order valence-electron chi connectivity index (χ2n) is 5.61. The number of benzene rings is 1. The number of aromatic hydroxyl groups is 1. The fourth-order valence-electron chi connectivity index (χ4n) is 2.42. The summed E-state index contributed by atoms with van der Waals surface area (Å²) in [5.41, 5.74) is 1.08. The predicted octanol–water partition coefficient (Wildman–Crippen LogP) is 6.33. The predicted molar refractivity (Wildman–Crippen MR) is 89.0 cm³/mol. The van der Waals surface area contributed by atoms with E-state index in [1.807, 2.05) is 12.1 Å². The van der Waals surface area contributed by atoms with E-state index in [0.29, 0.717) is 5.75 Å². The van der Waals surface area contributed by atoms with Gasteiger partial charge >= 0.3 is 0 Å². The molecule has 0 fully saturated rings. The number of allylic oxidation sites excluding steroid dienone is 1. The van der Waals surface area contributed by atoms with Crippen LogP contribution < -0.4 is 0 Å². The van der Waals surface area contributed by atoms with Gasteiger partial charge in [0, 0.05) is 0 Å². The Labute approximate surface area is 124 Å². The van der Waals surface area contributed by atoms with Gasteiger partial charge in [-0.3, -0.25) is 0 Å². The van der Waals surface area contributed by atoms with Crippen LogP contribution in [0.2, 0.25) is 0 Å². The molecule has 1 heteroatoms. The Balaban J connectivity index is 1.94. The highest BCUT2D eigenvalue weighted by atomic mass is 16.3. The van der Waals surface area contributed by atoms with Crippen LogP contribution in [0.5, 0.6) is 5.75 Å². The van der Waals surface area contributed by atoms with Crippen molar-refractivity contribution in [2.24, 2.45) is 0 Å². The van der Waals surface area contributed by atoms with Crippen LogP contribution in [0, 0.1) is 0 Å². The SMILES string of the molecule is CCCCCCCCCCC/C=C/c1cccc(O)c1. The minimum Gasteiger partial charge on any atom is -0.508 e. The van der Waals surface area contributed by atoms with E-state index in [1.54, 1.807) is 12.1 Å². The van der Waals surface area contributed by atoms with Gasteiger partial charge in [-0.15, -0.1) is 0 Å². The highest BCUT2D eigenvalue weighted by Gasteiger charge is 1.92. The van der Waals surface area contributed by atoms with Gasteiger partial charge in [-0.25, -0.2) is 0 Å². The summed E-state index contributed by atoms with van der Waals surface area (Å²) in [6, 6.07) is 7.41. The third-order valence-electron chi connectivity index (χ3n) is 3.65. The van der Waals surface area contributed by atoms with Gasteiger partial charge in [-0.2, -0.15) is 0 Å². The molecule has 0 saturated carbocycles. The second-order valence-corrected chi connectivity index (χ2v) is 5.61. The molecule has 1 rings (SSSR count). The number of rotatable bonds is 11. The maximum Gasteiger partial charge on any atom is 0.116 e. The monoisotopic (exact) mass is 274 g/mol. The van der Waals surface area contributed by atoms with Crippen molar-refractivity contribution in [2.75, 3.05) is 0 Å². The molecule has 0 saturated heterocycles. The molecule has 0 amide bonds. The maximum absolute atomic E-state index is 9.36. The molecule has 0 aliphatic carbocycles. The Kier molecular flexibility index (Phi) is 9.73. The van der Waals surface area contributed by atoms with Gasteiger partial charge in [0.05, 0.1) is 0 Å². The van der Waals surface area contributed by atoms with E-state index in [9.17, 15) is 5.11 Å². The topological polar surface area (TPSA) is 20.2 Å². The van der Waals surface area contributed by atoms with Gasteiger partial charge < -0.3 is 5.11 Å². The number of hydrogen-bond donors (Lipinski definition) is 1. The fourth-order valence-corrected chi connectivity index (χ4v) is 2.42. The van der Waals surface area contributed by atoms with Crippen LogP contribution in [0.1, 0.15) is 76.7 Å². The van der Waals surface area contributed by atoms with E-state index < -0.39 is 0 Å². The van der Waals surface area contributed by atoms with Crippen molar-refractivity contribution >= 4 is 6.08 Å². The summed E-state index contributed by atoms with van der Waals surface area (Å²) in [7, 11) is 0. The number of phenols is 1. The Morgan fingerprint density at radius 1 is 0.900 bits per heavy atom. The normalized spacial score (nSPS) is 11.2. The Morgan fingerprint density at radius 3 is 2.20 bits per heavy atom. The van der Waals surface area contributed by atoms with Crippen LogP contribution in [0.15, 0.2) is 30.3 Å². The van der Waals surface area contributed by atoms with Crippen molar-refractivity contribution in [3.63, 3.8) is 0 Å². The molecule has 20 heavy (non-hydrogen) atoms. The highest BCUT2D eigenvalue weighted by Crippen LogP contribution is 2.14. The molecule has 1 aromatic carbocycles. The van der Waals surface area contributed by atoms with Crippen molar-refractivity contribution in [1.29, 1.82) is 0 Å². The first-order valence-electron chi connectivity index (χ1n) is 8.28. The molecule has 0 atom stereocenters. The molecule has 0 aromatic heterocycles. The number of hydrogen-bond acceptors (Lipinski definition) is 1. The van der Waals surface area contributed by atoms with E-state index >= 15 is 0 Å². The van der Waals surface area contributed by atoms with Crippen molar-refractivity contribution in [3.8, 4) is 5.75 Å². The third kappa shape index (κ3) is 8.79. The second kappa shape index (κ2) is 11.6. The lowest BCUT2D eigenvalue weighted by Crippen LogP contribution is -1.80. The minimum atomic E-state index is 0.343. The standard InChI is InChI=1S/C19H30O/c1-2-3-4-5-6-7-8-9-10-11-12-14-18-15-13-16-19(20)17-18/h12-17,20H,2-11H2,1H3/b14-12+. The van der Waals surface area contributed by atoms with Gasteiger partial charge in [-0.1, -0.05) is 82.6 Å². The summed E-state index contributed by atoms with van der Waals surface area (Å²) < 4.78 is 0. The van der Waals surface area contributed by atoms with Crippen molar-refractivity contribution in [2.45, 2.75) is 71.1 Å². The van der Waals surface area contributed by atoms with Crippen LogP contribution >= 0.6 is 0 Å². The molecule has 1 nitrogen and oxygen atoms in total. The molecule has 0 unspecified atom stereocenters. The lowest BCUT2D eigenvalue weighted by molar-refractivity contribution is 0.475. The summed E-state index contributed by atoms with van der Waals surface area (Å²) >= 11 is 0. The average Bonchev–Trinajstić information content (AvgIpc) is 2.45. The lowest BCUT2D eigenvalue weighted by atomic mass is 10.1. The van der Waals surface area contributed by atoms with E-state index in [0.717, 1.165) is 12.0 Å². The Bertz CT molecular complexity index is 368. The first-order valence-corrected chi connectivity index (χ1v) is 8.28. The molecule has 0 aliphatic rings. The molecule has 1 aromatic rings. The Morgan fingerprint density at radius 2 is 1.55 bits per heavy atom. The first-order chi connectivity index (χ1) is 9.83. The van der Waals surface area contributed by atoms with E-state index in [-0.39, 0.29) is 0 Å². The molecular formula is C19H30O. The largest absolute Gasteiger partial charge is 0.508 e. The fraction of sp³-hybridized carbons (Fsp3) is 0.579. The summed E-state index contributed by atoms with van der Waals surface area (Å²) in [6.07, 6.45) is 17.9. The third-order valence-corrected chi connectivity index (χ3v) is 3.65. The quantitative estimate of drug-likeness (QED) is 0.468. The van der Waals surface area contributed by atoms with Gasteiger partial charge in [0.2, 0.25) is 0 Å². The van der Waals surface area contributed by atoms with E-state index in [2.05, 4.69) is 19.1 Å². The van der Waals surface area contributed by atoms with E-state index in [1.165, 1.54) is 57.8 Å². The summed E-state index contributed by atoms with van der Waals surface area (Å²) in [5, 5.41) is 9.36. The molecule has 0 spiro atoms. The van der Waals surface area contributed by atoms with Crippen molar-refractivity contribution < 1.29 is 5.11 Å². The van der Waals surface area contributed by atoms with Gasteiger partial charge in [0.25, 0.3) is 0 Å². The van der Waals surface area contributed by atoms with E-state index in [4.69, 9.17) is 0 Å². The van der Waals surface area contributed by atoms with Crippen LogP contribution in [0.3, 0.4) is 0 Å². The van der Waals surface area contributed by atoms with Crippen LogP contribution in [0.4, 0.5) is 0 Å². The van der Waals surface area contributed by atoms with Crippen LogP contribution in [-0.2, 0) is 0 Å². The summed E-state index contributed by atoms with van der Waals surface area (Å²) in [5.74, 6) is 0.343. The number of phenolic OH excluding ortho intramolecular Hbond substituents is 1. The summed E-state index contributed by atoms with van der Waals surface area (Å²) in [6.45, 7) is 2.27. The molecule has 112 valence electrons. The smallest absolute Gasteiger partial charge is 0.116 e. The zero-order valence-corrected chi connectivity index (χ0v) is 13.0. The number of unbranched alkanes of at least 4 members (excludes halogenated alkanes) is 9. The average molecular weight is 274 g/mol. The zero-order valence-electron chi connectivity index (χ0n) is 13.0. The van der Waals surface area contributed by atoms with Gasteiger partial charge in [0.15, 0.2) is 0 Å². The van der Waals surface area contributed by atoms with Crippen molar-refractivity contribution in [1.82, 2.24) is 0 Å². The zero-order chi connectivity index (χ0) is 14.5. The summed E-state index contributed by atoms with van der Waals surface area (Å²) in [4.78, 5) is 0. The molecule has 0 aliphatic heterocycles. The minimum absolute atomic E-state index is 0.343. The van der Waals surface area contributed by atoms with Crippen LogP contribution in [0.25, 0.3) is 6.08 Å². The van der Waals surface area contributed by atoms with Gasteiger partial charge in [0.1, 0.15) is 5.75 Å². The molecular weight excluding hydrogens is 244 g/mol. The lowest BCUT2D eigenvalue weighted by Gasteiger charge is -2.00. The molecule has 0 radical (unpaired) electrons. The first kappa shape index (κ1) is 16.8. The van der Waals surface area contributed by atoms with Crippen LogP contribution in [-0.4, -0.2) is 5.11 Å². The molecule has 0 bridgehead atoms. The molecule has 1 N–H and O–H groups in total. The molecule has 0 heterocycles.